The molecule has 1 fully saturated rings. The summed E-state index contributed by atoms with van der Waals surface area (Å²) in [5, 5.41) is 8.99. The second-order valence-electron chi connectivity index (χ2n) is 20.6. The maximum atomic E-state index is 14.0. The number of hydrogen-bond donors (Lipinski definition) is 2. The highest BCUT2D eigenvalue weighted by Gasteiger charge is 2.51. The standard InChI is InChI=1S/C48H61N5O10Si2/c1-25(54)59-41-32-21-30-18-17-28-15-14-16-29-19-20-31(37(30)36(28)29)38(32)39(42(60-26(2)55)43(41)61-27(3)56)50-46-51-44-40(45(57)52-46)49-24-53(44)35-22-33(63-65(12,13)48(7,8)9)34(62-35)23-58-64(10,11)47(4,5)6/h14-21,24,33-35,39,41-43H,22-23H2,1-13H3,(H2,50,51,52,57)/t33-,34+,35+,39+,41+,42+,43-/m0/s1. The van der Waals surface area contributed by atoms with Crippen molar-refractivity contribution in [1.29, 1.82) is 0 Å². The largest absolute Gasteiger partial charge is 0.456 e. The van der Waals surface area contributed by atoms with Gasteiger partial charge in [-0.25, -0.2) is 4.98 Å². The van der Waals surface area contributed by atoms with E-state index in [0.29, 0.717) is 24.2 Å². The van der Waals surface area contributed by atoms with Gasteiger partial charge >= 0.3 is 17.9 Å². The Morgan fingerprint density at radius 3 is 2.08 bits per heavy atom. The van der Waals surface area contributed by atoms with Crippen LogP contribution in [0, 0.1) is 0 Å². The molecule has 0 unspecified atom stereocenters. The van der Waals surface area contributed by atoms with E-state index in [0.717, 1.165) is 32.3 Å². The minimum atomic E-state index is -2.28. The molecule has 65 heavy (non-hydrogen) atoms. The molecule has 17 heteroatoms. The number of carbonyl (C=O) groups excluding carboxylic acids is 3. The number of esters is 3. The van der Waals surface area contributed by atoms with E-state index >= 15 is 0 Å². The number of ether oxygens (including phenoxy) is 4. The second-order valence-corrected chi connectivity index (χ2v) is 30.2. The Balaban J connectivity index is 1.25. The smallest absolute Gasteiger partial charge is 0.303 e. The molecule has 6 aromatic rings. The van der Waals surface area contributed by atoms with Gasteiger partial charge < -0.3 is 33.1 Å². The van der Waals surface area contributed by atoms with Crippen LogP contribution in [0.3, 0.4) is 0 Å². The number of benzene rings is 4. The number of nitrogens with zero attached hydrogens (tertiary/aromatic N) is 3. The summed E-state index contributed by atoms with van der Waals surface area (Å²) >= 11 is 0. The zero-order valence-electron chi connectivity index (χ0n) is 39.6. The van der Waals surface area contributed by atoms with Gasteiger partial charge in [-0.15, -0.1) is 0 Å². The number of aromatic nitrogens is 4. The topological polar surface area (TPSA) is 182 Å². The molecule has 2 aliphatic rings. The van der Waals surface area contributed by atoms with Crippen LogP contribution in [-0.4, -0.2) is 85.1 Å². The van der Waals surface area contributed by atoms with Crippen LogP contribution in [0.1, 0.15) is 98.2 Å². The number of anilines is 1. The van der Waals surface area contributed by atoms with Crippen molar-refractivity contribution in [2.24, 2.45) is 0 Å². The van der Waals surface area contributed by atoms with E-state index < -0.39 is 76.8 Å². The van der Waals surface area contributed by atoms with Crippen molar-refractivity contribution in [1.82, 2.24) is 19.5 Å². The molecule has 0 spiro atoms. The van der Waals surface area contributed by atoms with Gasteiger partial charge in [0.2, 0.25) is 5.95 Å². The van der Waals surface area contributed by atoms with E-state index in [-0.39, 0.29) is 33.3 Å². The molecule has 8 rings (SSSR count). The second kappa shape index (κ2) is 16.6. The molecule has 1 saturated heterocycles. The van der Waals surface area contributed by atoms with E-state index in [1.807, 2.05) is 48.5 Å². The van der Waals surface area contributed by atoms with Gasteiger partial charge in [-0.3, -0.25) is 28.7 Å². The van der Waals surface area contributed by atoms with Crippen molar-refractivity contribution in [3.63, 3.8) is 0 Å². The number of fused-ring (bicyclic) bond motifs is 3. The average Bonchev–Trinajstić information content (AvgIpc) is 3.81. The van der Waals surface area contributed by atoms with Crippen LogP contribution >= 0.6 is 0 Å². The van der Waals surface area contributed by atoms with Crippen molar-refractivity contribution in [3.8, 4) is 0 Å². The minimum absolute atomic E-state index is 0.0135. The van der Waals surface area contributed by atoms with Gasteiger partial charge in [0.1, 0.15) is 12.3 Å². The molecule has 0 radical (unpaired) electrons. The van der Waals surface area contributed by atoms with Gasteiger partial charge in [0.05, 0.1) is 25.1 Å². The third-order valence-electron chi connectivity index (χ3n) is 14.1. The molecule has 2 N–H and O–H groups in total. The van der Waals surface area contributed by atoms with E-state index in [9.17, 15) is 19.2 Å². The monoisotopic (exact) mass is 923 g/mol. The number of hydrogen-bond acceptors (Lipinski definition) is 13. The summed E-state index contributed by atoms with van der Waals surface area (Å²) in [5.74, 6) is -1.95. The lowest BCUT2D eigenvalue weighted by atomic mass is 9.77. The Kier molecular flexibility index (Phi) is 11.8. The molecule has 0 amide bonds. The first-order chi connectivity index (χ1) is 30.3. The molecule has 4 aromatic carbocycles. The number of carbonyl (C=O) groups is 3. The zero-order valence-corrected chi connectivity index (χ0v) is 41.6. The Morgan fingerprint density at radius 2 is 1.45 bits per heavy atom. The first-order valence-electron chi connectivity index (χ1n) is 22.3. The van der Waals surface area contributed by atoms with Crippen molar-refractivity contribution in [2.45, 2.75) is 148 Å². The molecule has 1 aliphatic heterocycles. The lowest BCUT2D eigenvalue weighted by Crippen LogP contribution is -2.50. The number of H-pyrrole nitrogens is 1. The van der Waals surface area contributed by atoms with E-state index in [2.05, 4.69) is 83.0 Å². The summed E-state index contributed by atoms with van der Waals surface area (Å²) in [5.41, 5.74) is 0.972. The van der Waals surface area contributed by atoms with Gasteiger partial charge in [0.15, 0.2) is 46.1 Å². The number of aromatic amines is 1. The van der Waals surface area contributed by atoms with Gasteiger partial charge in [0, 0.05) is 32.8 Å². The van der Waals surface area contributed by atoms with E-state index in [1.165, 1.54) is 20.8 Å². The van der Waals surface area contributed by atoms with Crippen molar-refractivity contribution in [3.05, 3.63) is 76.3 Å². The number of nitrogens with one attached hydrogen (secondary N) is 2. The number of rotatable bonds is 11. The van der Waals surface area contributed by atoms with E-state index in [1.54, 1.807) is 10.9 Å². The Labute approximate surface area is 380 Å². The van der Waals surface area contributed by atoms with Crippen LogP contribution < -0.4 is 10.9 Å². The van der Waals surface area contributed by atoms with Crippen molar-refractivity contribution in [2.75, 3.05) is 11.9 Å². The lowest BCUT2D eigenvalue weighted by Gasteiger charge is -2.43. The van der Waals surface area contributed by atoms with Gasteiger partial charge in [-0.1, -0.05) is 84.0 Å². The number of imidazole rings is 1. The summed E-state index contributed by atoms with van der Waals surface area (Å²) in [4.78, 5) is 65.1. The first-order valence-corrected chi connectivity index (χ1v) is 28.1. The summed E-state index contributed by atoms with van der Waals surface area (Å²) in [6.07, 6.45) is -3.01. The molecule has 2 aromatic heterocycles. The minimum Gasteiger partial charge on any atom is -0.456 e. The van der Waals surface area contributed by atoms with Crippen LogP contribution in [0.4, 0.5) is 5.95 Å². The van der Waals surface area contributed by atoms with Crippen molar-refractivity contribution < 1.29 is 42.2 Å². The van der Waals surface area contributed by atoms with Crippen LogP contribution in [0.15, 0.2) is 59.7 Å². The fourth-order valence-corrected chi connectivity index (χ4v) is 11.2. The quantitative estimate of drug-likeness (QED) is 0.0543. The average molecular weight is 924 g/mol. The fraction of sp³-hybridized carbons (Fsp3) is 0.500. The molecule has 346 valence electrons. The Hall–Kier alpha value is -5.21. The summed E-state index contributed by atoms with van der Waals surface area (Å²) in [6, 6.07) is 15.0. The van der Waals surface area contributed by atoms with Crippen LogP contribution in [-0.2, 0) is 42.2 Å². The predicted octanol–water partition coefficient (Wildman–Crippen LogP) is 9.35. The highest BCUT2D eigenvalue weighted by atomic mass is 28.4. The van der Waals surface area contributed by atoms with Gasteiger partial charge in [-0.2, -0.15) is 4.98 Å². The zero-order chi connectivity index (χ0) is 47.1. The summed E-state index contributed by atoms with van der Waals surface area (Å²) in [6.45, 7) is 26.2. The third kappa shape index (κ3) is 8.57. The maximum Gasteiger partial charge on any atom is 0.303 e. The molecular formula is C48H61N5O10Si2. The Morgan fingerprint density at radius 1 is 0.831 bits per heavy atom. The molecule has 1 aliphatic carbocycles. The SMILES string of the molecule is CC(=O)O[C@@H]1[C@H](OC(C)=O)[C@H](Nc2nc3c(ncn3[C@H]3C[C@H](O[Si](C)(C)C(C)(C)C)[C@@H](CO[Si](C)(C)C(C)(C)C)O3)c(=O)[nH]2)c2c(cc3ccc4cccc5ccc2c3c45)[C@H]1OC(C)=O. The first kappa shape index (κ1) is 46.3. The van der Waals surface area contributed by atoms with Crippen molar-refractivity contribution >= 4 is 84.0 Å². The molecular weight excluding hydrogens is 863 g/mol. The lowest BCUT2D eigenvalue weighted by molar-refractivity contribution is -0.187. The molecule has 7 atom stereocenters. The highest BCUT2D eigenvalue weighted by molar-refractivity contribution is 6.74. The predicted molar refractivity (Wildman–Crippen MR) is 254 cm³/mol. The summed E-state index contributed by atoms with van der Waals surface area (Å²) < 4.78 is 40.3. The Bertz CT molecular complexity index is 2860. The van der Waals surface area contributed by atoms with Crippen LogP contribution in [0.5, 0.6) is 0 Å². The fourth-order valence-electron chi connectivity index (χ4n) is 8.81. The van der Waals surface area contributed by atoms with Gasteiger partial charge in [0.25, 0.3) is 5.56 Å². The molecule has 3 heterocycles. The maximum absolute atomic E-state index is 14.0. The van der Waals surface area contributed by atoms with Crippen LogP contribution in [0.2, 0.25) is 36.3 Å². The molecule has 0 bridgehead atoms. The molecule has 0 saturated carbocycles. The van der Waals surface area contributed by atoms with Crippen LogP contribution in [0.25, 0.3) is 43.5 Å². The highest BCUT2D eigenvalue weighted by Crippen LogP contribution is 2.50. The van der Waals surface area contributed by atoms with Gasteiger partial charge in [-0.05, 0) is 80.2 Å². The normalized spacial score (nSPS) is 23.0. The molecule has 15 nitrogen and oxygen atoms in total. The summed E-state index contributed by atoms with van der Waals surface area (Å²) in [7, 11) is -4.44. The van der Waals surface area contributed by atoms with E-state index in [4.69, 9.17) is 32.8 Å². The third-order valence-corrected chi connectivity index (χ3v) is 23.1.